The normalized spacial score (nSPS) is 21.9. The molecule has 0 bridgehead atoms. The maximum atomic E-state index is 11.8. The molecule has 19 heavy (non-hydrogen) atoms. The Balaban J connectivity index is 1.78. The van der Waals surface area contributed by atoms with Gasteiger partial charge in [-0.25, -0.2) is 13.1 Å². The molecule has 2 unspecified atom stereocenters. The van der Waals surface area contributed by atoms with Crippen molar-refractivity contribution < 1.29 is 13.2 Å². The van der Waals surface area contributed by atoms with E-state index in [1.807, 2.05) is 30.3 Å². The van der Waals surface area contributed by atoms with Crippen molar-refractivity contribution in [2.24, 2.45) is 5.92 Å². The van der Waals surface area contributed by atoms with Gasteiger partial charge in [0.2, 0.25) is 15.9 Å². The van der Waals surface area contributed by atoms with Crippen LogP contribution in [0, 0.1) is 5.92 Å². The van der Waals surface area contributed by atoms with Gasteiger partial charge in [0.15, 0.2) is 0 Å². The monoisotopic (exact) mass is 282 g/mol. The third kappa shape index (κ3) is 3.78. The van der Waals surface area contributed by atoms with Crippen LogP contribution in [-0.4, -0.2) is 33.7 Å². The van der Waals surface area contributed by atoms with Crippen molar-refractivity contribution >= 4 is 15.9 Å². The Morgan fingerprint density at radius 1 is 1.32 bits per heavy atom. The molecular weight excluding hydrogens is 264 g/mol. The first-order chi connectivity index (χ1) is 9.03. The third-order valence-electron chi connectivity index (χ3n) is 3.34. The van der Waals surface area contributed by atoms with E-state index in [1.165, 1.54) is 12.6 Å². The highest BCUT2D eigenvalue weighted by Gasteiger charge is 2.43. The van der Waals surface area contributed by atoms with Crippen LogP contribution in [0.5, 0.6) is 0 Å². The van der Waals surface area contributed by atoms with E-state index in [4.69, 9.17) is 0 Å². The fourth-order valence-corrected chi connectivity index (χ4v) is 2.67. The lowest BCUT2D eigenvalue weighted by atomic mass is 10.1. The fraction of sp³-hybridized carbons (Fsp3) is 0.462. The Labute approximate surface area is 113 Å². The lowest BCUT2D eigenvalue weighted by molar-refractivity contribution is -0.122. The Bertz CT molecular complexity index is 542. The molecule has 2 atom stereocenters. The molecule has 104 valence electrons. The molecule has 0 aromatic heterocycles. The van der Waals surface area contributed by atoms with Crippen molar-refractivity contribution in [1.29, 1.82) is 0 Å². The maximum absolute atomic E-state index is 11.8. The molecule has 1 aliphatic carbocycles. The number of hydrogen-bond acceptors (Lipinski definition) is 3. The summed E-state index contributed by atoms with van der Waals surface area (Å²) in [6, 6.07) is 9.90. The number of sulfonamides is 1. The summed E-state index contributed by atoms with van der Waals surface area (Å²) in [5, 5.41) is 2.68. The summed E-state index contributed by atoms with van der Waals surface area (Å²) in [7, 11) is -1.89. The van der Waals surface area contributed by atoms with E-state index in [0.29, 0.717) is 0 Å². The van der Waals surface area contributed by atoms with Gasteiger partial charge in [-0.3, -0.25) is 4.79 Å². The summed E-state index contributed by atoms with van der Waals surface area (Å²) in [5.74, 6) is 0.125. The quantitative estimate of drug-likeness (QED) is 0.795. The van der Waals surface area contributed by atoms with E-state index < -0.39 is 10.0 Å². The Kier molecular flexibility index (Phi) is 4.21. The Hall–Kier alpha value is -1.40. The third-order valence-corrected chi connectivity index (χ3v) is 4.70. The first kappa shape index (κ1) is 14.0. The highest BCUT2D eigenvalue weighted by atomic mass is 32.2. The zero-order valence-corrected chi connectivity index (χ0v) is 11.6. The molecule has 2 rings (SSSR count). The smallest absolute Gasteiger partial charge is 0.223 e. The Morgan fingerprint density at radius 3 is 2.63 bits per heavy atom. The maximum Gasteiger partial charge on any atom is 0.223 e. The van der Waals surface area contributed by atoms with E-state index in [0.717, 1.165) is 6.42 Å². The van der Waals surface area contributed by atoms with Crippen molar-refractivity contribution in [1.82, 2.24) is 10.0 Å². The minimum Gasteiger partial charge on any atom is -0.355 e. The molecular formula is C13H18N2O3S. The van der Waals surface area contributed by atoms with Crippen LogP contribution in [0.3, 0.4) is 0 Å². The van der Waals surface area contributed by atoms with E-state index in [1.54, 1.807) is 0 Å². The number of nitrogens with one attached hydrogen (secondary N) is 2. The number of carbonyl (C=O) groups is 1. The summed E-state index contributed by atoms with van der Waals surface area (Å²) in [6.07, 6.45) is 0.842. The van der Waals surface area contributed by atoms with Crippen molar-refractivity contribution in [2.45, 2.75) is 12.3 Å². The molecule has 0 radical (unpaired) electrons. The van der Waals surface area contributed by atoms with Crippen LogP contribution >= 0.6 is 0 Å². The van der Waals surface area contributed by atoms with Crippen LogP contribution in [0.15, 0.2) is 30.3 Å². The second-order valence-electron chi connectivity index (χ2n) is 4.67. The van der Waals surface area contributed by atoms with Crippen molar-refractivity contribution in [3.63, 3.8) is 0 Å². The van der Waals surface area contributed by atoms with Gasteiger partial charge < -0.3 is 5.32 Å². The number of rotatable bonds is 6. The van der Waals surface area contributed by atoms with E-state index in [2.05, 4.69) is 10.0 Å². The molecule has 1 aliphatic rings. The van der Waals surface area contributed by atoms with E-state index in [-0.39, 0.29) is 30.0 Å². The topological polar surface area (TPSA) is 75.3 Å². The summed E-state index contributed by atoms with van der Waals surface area (Å²) < 4.78 is 24.6. The molecule has 6 heteroatoms. The first-order valence-electron chi connectivity index (χ1n) is 6.27. The lowest BCUT2D eigenvalue weighted by Crippen LogP contribution is -2.33. The SMILES string of the molecule is CNS(=O)(=O)CCNC(=O)C1CC1c1ccccc1. The van der Waals surface area contributed by atoms with Crippen molar-refractivity contribution in [2.75, 3.05) is 19.3 Å². The molecule has 1 saturated carbocycles. The molecule has 5 nitrogen and oxygen atoms in total. The summed E-state index contributed by atoms with van der Waals surface area (Å²) >= 11 is 0. The van der Waals surface area contributed by atoms with Crippen LogP contribution in [-0.2, 0) is 14.8 Å². The van der Waals surface area contributed by atoms with Crippen LogP contribution in [0.4, 0.5) is 0 Å². The predicted molar refractivity (Wildman–Crippen MR) is 73.1 cm³/mol. The zero-order chi connectivity index (χ0) is 13.9. The van der Waals surface area contributed by atoms with Gasteiger partial charge in [-0.15, -0.1) is 0 Å². The first-order valence-corrected chi connectivity index (χ1v) is 7.92. The van der Waals surface area contributed by atoms with Crippen LogP contribution in [0.2, 0.25) is 0 Å². The van der Waals surface area contributed by atoms with E-state index in [9.17, 15) is 13.2 Å². The average Bonchev–Trinajstić information content (AvgIpc) is 3.20. The molecule has 0 aliphatic heterocycles. The van der Waals surface area contributed by atoms with Crippen LogP contribution < -0.4 is 10.0 Å². The minimum absolute atomic E-state index is 0.0142. The van der Waals surface area contributed by atoms with Gasteiger partial charge in [-0.1, -0.05) is 30.3 Å². The van der Waals surface area contributed by atoms with Gasteiger partial charge in [0, 0.05) is 12.5 Å². The Morgan fingerprint density at radius 2 is 2.00 bits per heavy atom. The van der Waals surface area contributed by atoms with Gasteiger partial charge in [0.1, 0.15) is 0 Å². The van der Waals surface area contributed by atoms with Crippen LogP contribution in [0.25, 0.3) is 0 Å². The van der Waals surface area contributed by atoms with Crippen LogP contribution in [0.1, 0.15) is 17.9 Å². The predicted octanol–water partition coefficient (Wildman–Crippen LogP) is 0.456. The number of hydrogen-bond donors (Lipinski definition) is 2. The number of carbonyl (C=O) groups excluding carboxylic acids is 1. The standard InChI is InChI=1S/C13H18N2O3S/c1-14-19(17,18)8-7-15-13(16)12-9-11(12)10-5-3-2-4-6-10/h2-6,11-12,14H,7-9H2,1H3,(H,15,16). The largest absolute Gasteiger partial charge is 0.355 e. The van der Waals surface area contributed by atoms with Gasteiger partial charge in [-0.05, 0) is 24.9 Å². The fourth-order valence-electron chi connectivity index (χ4n) is 2.10. The highest BCUT2D eigenvalue weighted by Crippen LogP contribution is 2.47. The van der Waals surface area contributed by atoms with Gasteiger partial charge in [-0.2, -0.15) is 0 Å². The average molecular weight is 282 g/mol. The molecule has 1 amide bonds. The summed E-state index contributed by atoms with van der Waals surface area (Å²) in [5.41, 5.74) is 1.17. The zero-order valence-electron chi connectivity index (χ0n) is 10.8. The summed E-state index contributed by atoms with van der Waals surface area (Å²) in [6.45, 7) is 0.153. The molecule has 1 aromatic rings. The molecule has 1 aromatic carbocycles. The molecule has 0 spiro atoms. The van der Waals surface area contributed by atoms with Gasteiger partial charge in [0.25, 0.3) is 0 Å². The minimum atomic E-state index is -3.25. The molecule has 0 heterocycles. The number of benzene rings is 1. The van der Waals surface area contributed by atoms with E-state index >= 15 is 0 Å². The molecule has 2 N–H and O–H groups in total. The lowest BCUT2D eigenvalue weighted by Gasteiger charge is -2.05. The van der Waals surface area contributed by atoms with Crippen molar-refractivity contribution in [3.05, 3.63) is 35.9 Å². The molecule has 0 saturated heterocycles. The molecule has 1 fully saturated rings. The second-order valence-corrected chi connectivity index (χ2v) is 6.72. The van der Waals surface area contributed by atoms with Crippen molar-refractivity contribution in [3.8, 4) is 0 Å². The number of amides is 1. The summed E-state index contributed by atoms with van der Waals surface area (Å²) in [4.78, 5) is 11.8. The highest BCUT2D eigenvalue weighted by molar-refractivity contribution is 7.89. The van der Waals surface area contributed by atoms with Gasteiger partial charge >= 0.3 is 0 Å². The van der Waals surface area contributed by atoms with Gasteiger partial charge in [0.05, 0.1) is 5.75 Å². The second kappa shape index (κ2) is 5.71.